The summed E-state index contributed by atoms with van der Waals surface area (Å²) in [6.07, 6.45) is 0. The lowest BCUT2D eigenvalue weighted by Crippen LogP contribution is -2.50. The number of anilines is 1. The van der Waals surface area contributed by atoms with Crippen LogP contribution in [0.2, 0.25) is 0 Å². The molecule has 0 aliphatic heterocycles. The molecule has 0 bridgehead atoms. The van der Waals surface area contributed by atoms with Crippen LogP contribution in [0.4, 0.5) is 5.69 Å². The van der Waals surface area contributed by atoms with Crippen molar-refractivity contribution in [2.75, 3.05) is 11.4 Å². The largest absolute Gasteiger partial charge is 0.738 e. The lowest BCUT2D eigenvalue weighted by molar-refractivity contribution is -0.307. The second-order valence-electron chi connectivity index (χ2n) is 4.39. The number of aromatic nitrogens is 4. The molecule has 22 heavy (non-hydrogen) atoms. The molecule has 1 atom stereocenters. The van der Waals surface area contributed by atoms with Crippen molar-refractivity contribution < 1.29 is 19.8 Å². The van der Waals surface area contributed by atoms with Crippen molar-refractivity contribution in [3.8, 4) is 5.69 Å². The Balaban J connectivity index is 2.42. The highest BCUT2D eigenvalue weighted by molar-refractivity contribution is 7.58. The number of tetrazole rings is 1. The van der Waals surface area contributed by atoms with Crippen LogP contribution in [0.3, 0.4) is 0 Å². The molecule has 2 rings (SSSR count). The quantitative estimate of drug-likeness (QED) is 0.521. The van der Waals surface area contributed by atoms with Gasteiger partial charge in [0.2, 0.25) is 0 Å². The van der Waals surface area contributed by atoms with Crippen molar-refractivity contribution in [2.45, 2.75) is 18.1 Å². The van der Waals surface area contributed by atoms with E-state index in [4.69, 9.17) is 12.6 Å². The molecule has 0 N–H and O–H groups in total. The molecular formula is C12H10N5O4S-3. The smallest absolute Gasteiger partial charge is 0.0684 e. The number of aliphatic carboxylic acids is 2. The Morgan fingerprint density at radius 1 is 1.41 bits per heavy atom. The number of rotatable bonds is 6. The first kappa shape index (κ1) is 15.6. The molecule has 0 amide bonds. The third kappa shape index (κ3) is 3.28. The molecule has 0 radical (unpaired) electrons. The maximum atomic E-state index is 11.0. The number of nitrogens with zero attached hydrogens (tertiary/aromatic N) is 5. The Morgan fingerprint density at radius 2 is 2.14 bits per heavy atom. The average Bonchev–Trinajstić information content (AvgIpc) is 2.90. The Labute approximate surface area is 130 Å². The van der Waals surface area contributed by atoms with E-state index in [1.54, 1.807) is 18.2 Å². The lowest BCUT2D eigenvalue weighted by Gasteiger charge is -2.32. The van der Waals surface area contributed by atoms with Crippen molar-refractivity contribution >= 4 is 30.3 Å². The minimum absolute atomic E-state index is 0.122. The van der Waals surface area contributed by atoms with E-state index < -0.39 is 24.5 Å². The molecule has 0 aliphatic carbocycles. The van der Waals surface area contributed by atoms with Gasteiger partial charge in [-0.3, -0.25) is 0 Å². The maximum Gasteiger partial charge on any atom is 0.0684 e. The average molecular weight is 320 g/mol. The zero-order valence-electron chi connectivity index (χ0n) is 11.4. The van der Waals surface area contributed by atoms with Gasteiger partial charge in [-0.25, -0.2) is 4.68 Å². The fourth-order valence-electron chi connectivity index (χ4n) is 1.86. The van der Waals surface area contributed by atoms with Crippen molar-refractivity contribution in [3.63, 3.8) is 0 Å². The SMILES string of the molecule is CC(C(=O)[O-])N(CC(=O)[O-])c1cccc(-n2nnnc2[S-])c1. The molecule has 10 heteroatoms. The van der Waals surface area contributed by atoms with Crippen LogP contribution in [0.5, 0.6) is 0 Å². The predicted molar refractivity (Wildman–Crippen MR) is 71.6 cm³/mol. The highest BCUT2D eigenvalue weighted by atomic mass is 32.1. The number of carbonyl (C=O) groups is 2. The first-order valence-electron chi connectivity index (χ1n) is 6.13. The molecular weight excluding hydrogens is 310 g/mol. The van der Waals surface area contributed by atoms with Crippen LogP contribution in [0.25, 0.3) is 5.69 Å². The number of hydrogen-bond donors (Lipinski definition) is 0. The van der Waals surface area contributed by atoms with Gasteiger partial charge in [0.15, 0.2) is 0 Å². The number of benzene rings is 1. The number of carbonyl (C=O) groups excluding carboxylic acids is 2. The highest BCUT2D eigenvalue weighted by Crippen LogP contribution is 2.20. The van der Waals surface area contributed by atoms with E-state index in [1.807, 2.05) is 0 Å². The molecule has 2 aromatic rings. The molecule has 1 heterocycles. The molecule has 0 saturated carbocycles. The molecule has 9 nitrogen and oxygen atoms in total. The number of carboxylic acids is 2. The molecule has 0 spiro atoms. The van der Waals surface area contributed by atoms with Crippen LogP contribution in [0.15, 0.2) is 29.4 Å². The van der Waals surface area contributed by atoms with Crippen LogP contribution in [-0.2, 0) is 22.2 Å². The van der Waals surface area contributed by atoms with Gasteiger partial charge in [-0.1, -0.05) is 6.07 Å². The van der Waals surface area contributed by atoms with Gasteiger partial charge in [-0.15, -0.1) is 5.10 Å². The molecule has 0 fully saturated rings. The molecule has 0 aliphatic rings. The molecule has 116 valence electrons. The monoisotopic (exact) mass is 320 g/mol. The van der Waals surface area contributed by atoms with Crippen molar-refractivity contribution in [3.05, 3.63) is 24.3 Å². The topological polar surface area (TPSA) is 127 Å². The van der Waals surface area contributed by atoms with Gasteiger partial charge in [0.1, 0.15) is 0 Å². The van der Waals surface area contributed by atoms with Gasteiger partial charge in [0, 0.05) is 10.8 Å². The van der Waals surface area contributed by atoms with E-state index in [1.165, 1.54) is 17.7 Å². The first-order chi connectivity index (χ1) is 10.4. The van der Waals surface area contributed by atoms with Crippen molar-refractivity contribution in [1.29, 1.82) is 0 Å². The normalized spacial score (nSPS) is 11.9. The summed E-state index contributed by atoms with van der Waals surface area (Å²) in [6.45, 7) is 0.718. The van der Waals surface area contributed by atoms with E-state index in [2.05, 4.69) is 15.5 Å². The molecule has 1 aromatic heterocycles. The van der Waals surface area contributed by atoms with E-state index >= 15 is 0 Å². The zero-order chi connectivity index (χ0) is 16.3. The Bertz CT molecular complexity index is 704. The first-order valence-corrected chi connectivity index (χ1v) is 6.54. The summed E-state index contributed by atoms with van der Waals surface area (Å²) in [5.74, 6) is -2.82. The Kier molecular flexibility index (Phi) is 4.51. The summed E-state index contributed by atoms with van der Waals surface area (Å²) >= 11 is 4.94. The lowest BCUT2D eigenvalue weighted by atomic mass is 10.2. The molecule has 1 unspecified atom stereocenters. The highest BCUT2D eigenvalue weighted by Gasteiger charge is 2.16. The van der Waals surface area contributed by atoms with Gasteiger partial charge in [0.05, 0.1) is 30.2 Å². The minimum atomic E-state index is -1.41. The summed E-state index contributed by atoms with van der Waals surface area (Å²) in [5.41, 5.74) is 0.810. The van der Waals surface area contributed by atoms with Crippen LogP contribution in [0.1, 0.15) is 6.92 Å². The minimum Gasteiger partial charge on any atom is -0.738 e. The van der Waals surface area contributed by atoms with Crippen LogP contribution in [-0.4, -0.2) is 44.7 Å². The van der Waals surface area contributed by atoms with E-state index in [0.29, 0.717) is 11.4 Å². The number of hydrogen-bond acceptors (Lipinski definition) is 9. The molecule has 0 saturated heterocycles. The standard InChI is InChI=1S/C12H13N5O4S/c1-7(11(20)21)16(6-10(18)19)8-3-2-4-9(5-8)17-12(22)13-14-15-17/h2-5,7H,6H2,1H3,(H,18,19)(H,20,21)(H,13,15,22)/p-3. The fraction of sp³-hybridized carbons (Fsp3) is 0.250. The summed E-state index contributed by atoms with van der Waals surface area (Å²) in [7, 11) is 0. The van der Waals surface area contributed by atoms with Gasteiger partial charge in [0.25, 0.3) is 0 Å². The molecule has 1 aromatic carbocycles. The third-order valence-corrected chi connectivity index (χ3v) is 3.21. The van der Waals surface area contributed by atoms with Crippen LogP contribution in [0, 0.1) is 0 Å². The van der Waals surface area contributed by atoms with E-state index in [-0.39, 0.29) is 5.16 Å². The maximum absolute atomic E-state index is 11.0. The van der Waals surface area contributed by atoms with Gasteiger partial charge in [-0.2, -0.15) is 0 Å². The summed E-state index contributed by atoms with van der Waals surface area (Å²) in [6, 6.07) is 5.17. The van der Waals surface area contributed by atoms with E-state index in [0.717, 1.165) is 4.90 Å². The van der Waals surface area contributed by atoms with Crippen molar-refractivity contribution in [1.82, 2.24) is 20.2 Å². The predicted octanol–water partition coefficient (Wildman–Crippen LogP) is -2.74. The fourth-order valence-corrected chi connectivity index (χ4v) is 2.04. The third-order valence-electron chi connectivity index (χ3n) is 2.95. The Morgan fingerprint density at radius 3 is 2.68 bits per heavy atom. The van der Waals surface area contributed by atoms with Gasteiger partial charge >= 0.3 is 0 Å². The number of carboxylic acid groups (broad SMARTS) is 2. The van der Waals surface area contributed by atoms with Crippen LogP contribution >= 0.6 is 0 Å². The second-order valence-corrected chi connectivity index (χ2v) is 4.75. The summed E-state index contributed by atoms with van der Waals surface area (Å²) in [4.78, 5) is 23.0. The zero-order valence-corrected chi connectivity index (χ0v) is 12.2. The van der Waals surface area contributed by atoms with Gasteiger partial charge in [-0.05, 0) is 35.5 Å². The van der Waals surface area contributed by atoms with Crippen LogP contribution < -0.4 is 15.1 Å². The Hall–Kier alpha value is -2.75. The second kappa shape index (κ2) is 6.35. The van der Waals surface area contributed by atoms with Crippen molar-refractivity contribution in [2.24, 2.45) is 0 Å². The van der Waals surface area contributed by atoms with E-state index in [9.17, 15) is 19.8 Å². The summed E-state index contributed by atoms with van der Waals surface area (Å²) in [5, 5.41) is 32.7. The van der Waals surface area contributed by atoms with Gasteiger partial charge < -0.3 is 37.3 Å². The summed E-state index contributed by atoms with van der Waals surface area (Å²) < 4.78 is 1.26.